The van der Waals surface area contributed by atoms with Crippen molar-refractivity contribution in [2.45, 2.75) is 45.2 Å². The van der Waals surface area contributed by atoms with Gasteiger partial charge < -0.3 is 21.3 Å². The number of aromatic amines is 1. The second-order valence-corrected chi connectivity index (χ2v) is 11.3. The molecule has 0 fully saturated rings. The van der Waals surface area contributed by atoms with Gasteiger partial charge in [-0.1, -0.05) is 24.3 Å². The van der Waals surface area contributed by atoms with Crippen molar-refractivity contribution in [1.82, 2.24) is 35.8 Å². The summed E-state index contributed by atoms with van der Waals surface area (Å²) in [5, 5.41) is 12.7. The Morgan fingerprint density at radius 1 is 1.00 bits per heavy atom. The molecule has 226 valence electrons. The first-order valence-electron chi connectivity index (χ1n) is 14.7. The molecule has 0 spiro atoms. The molecule has 1 aliphatic carbocycles. The zero-order valence-corrected chi connectivity index (χ0v) is 24.4. The Morgan fingerprint density at radius 2 is 1.82 bits per heavy atom. The monoisotopic (exact) mass is 603 g/mol. The van der Waals surface area contributed by atoms with Gasteiger partial charge in [0, 0.05) is 30.4 Å². The molecule has 0 saturated carbocycles. The standard InChI is InChI=1S/C32H29N9O4/c1-16-19-8-9-22(21(19)7-6-20(16)30-37-15-38-40-30)39-32(45)24-12-23(35-14-36-24)31(44)34-13-17-4-5-18-3-2-10-41(25(18)11-17)27-26(33)28(42)29(27)43/h4-7,11-12,14-15,22H,2-3,8-10,13,33H2,1H3,(H,34,44)(H,39,45)(H,37,38,40)/t22-/m0/s1. The summed E-state index contributed by atoms with van der Waals surface area (Å²) in [4.78, 5) is 64.4. The van der Waals surface area contributed by atoms with Crippen LogP contribution in [-0.2, 0) is 19.4 Å². The van der Waals surface area contributed by atoms with Gasteiger partial charge in [0.25, 0.3) is 22.7 Å². The highest BCUT2D eigenvalue weighted by molar-refractivity contribution is 5.97. The minimum absolute atomic E-state index is 0.0145. The lowest BCUT2D eigenvalue weighted by atomic mass is 9.97. The molecule has 1 atom stereocenters. The maximum Gasteiger partial charge on any atom is 0.270 e. The number of amides is 2. The summed E-state index contributed by atoms with van der Waals surface area (Å²) < 4.78 is 0. The topological polar surface area (TPSA) is 189 Å². The molecule has 13 nitrogen and oxygen atoms in total. The molecule has 0 saturated heterocycles. The van der Waals surface area contributed by atoms with Crippen molar-refractivity contribution in [1.29, 1.82) is 0 Å². The Balaban J connectivity index is 1.02. The number of hydrogen-bond donors (Lipinski definition) is 4. The largest absolute Gasteiger partial charge is 0.394 e. The number of aromatic nitrogens is 5. The summed E-state index contributed by atoms with van der Waals surface area (Å²) in [6.45, 7) is 2.79. The summed E-state index contributed by atoms with van der Waals surface area (Å²) in [5.41, 5.74) is 11.9. The van der Waals surface area contributed by atoms with Crippen molar-refractivity contribution in [2.75, 3.05) is 17.2 Å². The van der Waals surface area contributed by atoms with Gasteiger partial charge in [-0.15, -0.1) is 0 Å². The van der Waals surface area contributed by atoms with E-state index in [1.807, 2.05) is 37.3 Å². The van der Waals surface area contributed by atoms with E-state index in [4.69, 9.17) is 5.73 Å². The van der Waals surface area contributed by atoms with Crippen molar-refractivity contribution in [2.24, 2.45) is 0 Å². The molecular formula is C32H29N9O4. The summed E-state index contributed by atoms with van der Waals surface area (Å²) in [6, 6.07) is 10.9. The van der Waals surface area contributed by atoms with Crippen LogP contribution in [0.3, 0.4) is 0 Å². The molecule has 3 aromatic carbocycles. The second-order valence-electron chi connectivity index (χ2n) is 11.3. The fraction of sp³-hybridized carbons (Fsp3) is 0.250. The van der Waals surface area contributed by atoms with Gasteiger partial charge in [0.05, 0.1) is 6.04 Å². The zero-order valence-electron chi connectivity index (χ0n) is 24.4. The van der Waals surface area contributed by atoms with Crippen LogP contribution < -0.4 is 32.1 Å². The van der Waals surface area contributed by atoms with Gasteiger partial charge in [-0.05, 0) is 66.5 Å². The van der Waals surface area contributed by atoms with Crippen molar-refractivity contribution >= 4 is 28.9 Å². The molecule has 2 aliphatic rings. The van der Waals surface area contributed by atoms with Crippen LogP contribution in [0.4, 0.5) is 17.1 Å². The van der Waals surface area contributed by atoms with E-state index in [1.54, 1.807) is 4.90 Å². The average Bonchev–Trinajstić information content (AvgIpc) is 3.75. The molecule has 5 N–H and O–H groups in total. The molecule has 0 radical (unpaired) electrons. The Hall–Kier alpha value is -5.72. The third-order valence-electron chi connectivity index (χ3n) is 8.71. The number of nitrogens with one attached hydrogen (secondary N) is 3. The lowest BCUT2D eigenvalue weighted by Crippen LogP contribution is -2.42. The Morgan fingerprint density at radius 3 is 2.60 bits per heavy atom. The maximum atomic E-state index is 13.2. The van der Waals surface area contributed by atoms with E-state index in [0.29, 0.717) is 12.4 Å². The number of aryl methyl sites for hydroxylation is 1. The predicted octanol–water partition coefficient (Wildman–Crippen LogP) is 2.18. The highest BCUT2D eigenvalue weighted by Gasteiger charge is 2.29. The van der Waals surface area contributed by atoms with Crippen LogP contribution in [0.1, 0.15) is 67.7 Å². The molecule has 7 rings (SSSR count). The lowest BCUT2D eigenvalue weighted by Gasteiger charge is -2.32. The number of rotatable bonds is 7. The number of nitrogens with zero attached hydrogens (tertiary/aromatic N) is 5. The van der Waals surface area contributed by atoms with E-state index < -0.39 is 22.7 Å². The Labute approximate surface area is 256 Å². The summed E-state index contributed by atoms with van der Waals surface area (Å²) in [7, 11) is 0. The van der Waals surface area contributed by atoms with Crippen molar-refractivity contribution < 1.29 is 9.59 Å². The Kier molecular flexibility index (Phi) is 6.92. The highest BCUT2D eigenvalue weighted by atomic mass is 16.2. The Bertz CT molecular complexity index is 2050. The van der Waals surface area contributed by atoms with Gasteiger partial charge in [0.15, 0.2) is 5.82 Å². The third-order valence-corrected chi connectivity index (χ3v) is 8.71. The number of nitrogen functional groups attached to an aromatic ring is 1. The normalized spacial score (nSPS) is 15.5. The molecule has 5 aromatic rings. The molecule has 13 heteroatoms. The van der Waals surface area contributed by atoms with Crippen LogP contribution in [-0.4, -0.2) is 43.5 Å². The molecule has 3 heterocycles. The van der Waals surface area contributed by atoms with E-state index in [1.165, 1.54) is 24.3 Å². The zero-order chi connectivity index (χ0) is 31.2. The van der Waals surface area contributed by atoms with Crippen LogP contribution >= 0.6 is 0 Å². The number of benzene rings is 2. The molecule has 45 heavy (non-hydrogen) atoms. The highest BCUT2D eigenvalue weighted by Crippen LogP contribution is 2.37. The lowest BCUT2D eigenvalue weighted by molar-refractivity contribution is 0.0931. The number of carbonyl (C=O) groups excluding carboxylic acids is 2. The minimum Gasteiger partial charge on any atom is -0.394 e. The minimum atomic E-state index is -0.653. The molecule has 0 unspecified atom stereocenters. The number of carbonyl (C=O) groups is 2. The van der Waals surface area contributed by atoms with Gasteiger partial charge in [0.2, 0.25) is 0 Å². The molecule has 1 aliphatic heterocycles. The predicted molar refractivity (Wildman–Crippen MR) is 166 cm³/mol. The summed E-state index contributed by atoms with van der Waals surface area (Å²) in [6.07, 6.45) is 5.88. The van der Waals surface area contributed by atoms with E-state index in [2.05, 4.69) is 35.8 Å². The van der Waals surface area contributed by atoms with Crippen LogP contribution in [0, 0.1) is 6.92 Å². The molecule has 2 amide bonds. The fourth-order valence-electron chi connectivity index (χ4n) is 6.36. The molecule has 0 bridgehead atoms. The van der Waals surface area contributed by atoms with E-state index in [-0.39, 0.29) is 35.3 Å². The number of anilines is 3. The van der Waals surface area contributed by atoms with Crippen LogP contribution in [0.25, 0.3) is 11.4 Å². The quantitative estimate of drug-likeness (QED) is 0.201. The van der Waals surface area contributed by atoms with Crippen molar-refractivity contribution in [3.05, 3.63) is 109 Å². The van der Waals surface area contributed by atoms with Gasteiger partial charge >= 0.3 is 0 Å². The summed E-state index contributed by atoms with van der Waals surface area (Å²) in [5.74, 6) is -0.156. The summed E-state index contributed by atoms with van der Waals surface area (Å²) >= 11 is 0. The van der Waals surface area contributed by atoms with Crippen LogP contribution in [0.15, 0.2) is 58.6 Å². The average molecular weight is 604 g/mol. The van der Waals surface area contributed by atoms with Crippen molar-refractivity contribution in [3.8, 4) is 11.4 Å². The van der Waals surface area contributed by atoms with E-state index in [9.17, 15) is 19.2 Å². The van der Waals surface area contributed by atoms with Gasteiger partial charge in [-0.2, -0.15) is 5.10 Å². The van der Waals surface area contributed by atoms with Crippen molar-refractivity contribution in [3.63, 3.8) is 0 Å². The van der Waals surface area contributed by atoms with Gasteiger partial charge in [-0.3, -0.25) is 24.3 Å². The number of hydrogen-bond acceptors (Lipinski definition) is 10. The number of nitrogens with two attached hydrogens (primary N) is 1. The first kappa shape index (κ1) is 28.1. The first-order chi connectivity index (χ1) is 21.8. The van der Waals surface area contributed by atoms with Gasteiger partial charge in [-0.25, -0.2) is 15.0 Å². The maximum absolute atomic E-state index is 13.2. The van der Waals surface area contributed by atoms with Crippen LogP contribution in [0.5, 0.6) is 0 Å². The molecule has 2 aromatic heterocycles. The number of fused-ring (bicyclic) bond motifs is 2. The SMILES string of the molecule is Cc1c(-c2ncn[nH]2)ccc2c1CC[C@@H]2NC(=O)c1cc(C(=O)NCc2ccc3c(c2)N(c2c(N)c(=O)c2=O)CCC3)ncn1. The second kappa shape index (κ2) is 11.1. The van der Waals surface area contributed by atoms with Crippen LogP contribution in [0.2, 0.25) is 0 Å². The smallest absolute Gasteiger partial charge is 0.270 e. The first-order valence-corrected chi connectivity index (χ1v) is 14.7. The fourth-order valence-corrected chi connectivity index (χ4v) is 6.36. The molecular weight excluding hydrogens is 574 g/mol. The van der Waals surface area contributed by atoms with E-state index in [0.717, 1.165) is 59.2 Å². The third kappa shape index (κ3) is 4.91. The van der Waals surface area contributed by atoms with Gasteiger partial charge in [0.1, 0.15) is 35.4 Å². The number of H-pyrrole nitrogens is 1. The van der Waals surface area contributed by atoms with E-state index >= 15 is 0 Å².